The van der Waals surface area contributed by atoms with Crippen LogP contribution < -0.4 is 4.74 Å². The van der Waals surface area contributed by atoms with E-state index in [9.17, 15) is 13.6 Å². The van der Waals surface area contributed by atoms with Gasteiger partial charge in [-0.15, -0.1) is 0 Å². The molecule has 26 heavy (non-hydrogen) atoms. The molecule has 0 radical (unpaired) electrons. The number of carbonyl (C=O) groups excluding carboxylic acids is 1. The van der Waals surface area contributed by atoms with E-state index in [1.165, 1.54) is 4.90 Å². The molecule has 0 saturated carbocycles. The van der Waals surface area contributed by atoms with Crippen LogP contribution in [0.2, 0.25) is 0 Å². The van der Waals surface area contributed by atoms with E-state index in [0.29, 0.717) is 19.6 Å². The molecule has 1 unspecified atom stereocenters. The van der Waals surface area contributed by atoms with Crippen molar-refractivity contribution in [2.24, 2.45) is 0 Å². The van der Waals surface area contributed by atoms with Gasteiger partial charge in [0.25, 0.3) is 5.92 Å². The normalized spacial score (nSPS) is 21.8. The summed E-state index contributed by atoms with van der Waals surface area (Å²) in [6, 6.07) is 9.01. The second-order valence-corrected chi connectivity index (χ2v) is 6.81. The lowest BCUT2D eigenvalue weighted by Gasteiger charge is -2.42. The Bertz CT molecular complexity index is 815. The Labute approximate surface area is 149 Å². The van der Waals surface area contributed by atoms with Gasteiger partial charge in [-0.2, -0.15) is 5.10 Å². The number of hydrogen-bond acceptors (Lipinski definition) is 4. The largest absolute Gasteiger partial charge is 0.496 e. The number of benzene rings is 1. The second kappa shape index (κ2) is 6.35. The fourth-order valence-electron chi connectivity index (χ4n) is 3.62. The molecule has 0 aliphatic carbocycles. The third-order valence-corrected chi connectivity index (χ3v) is 4.89. The van der Waals surface area contributed by atoms with E-state index >= 15 is 0 Å². The topological polar surface area (TPSA) is 50.6 Å². The Hall–Kier alpha value is -2.48. The van der Waals surface area contributed by atoms with Gasteiger partial charge < -0.3 is 9.64 Å². The van der Waals surface area contributed by atoms with Gasteiger partial charge in [0.2, 0.25) is 5.91 Å². The lowest BCUT2D eigenvalue weighted by molar-refractivity contribution is -0.170. The summed E-state index contributed by atoms with van der Waals surface area (Å²) >= 11 is 0. The highest BCUT2D eigenvalue weighted by Gasteiger charge is 2.48. The maximum Gasteiger partial charge on any atom is 0.282 e. The van der Waals surface area contributed by atoms with Crippen LogP contribution >= 0.6 is 0 Å². The molecular formula is C18H20F2N4O2. The number of rotatable bonds is 4. The number of hydrogen-bond donors (Lipinski definition) is 0. The van der Waals surface area contributed by atoms with E-state index in [1.54, 1.807) is 18.0 Å². The predicted molar refractivity (Wildman–Crippen MR) is 89.9 cm³/mol. The minimum atomic E-state index is -2.77. The van der Waals surface area contributed by atoms with Crippen molar-refractivity contribution in [2.75, 3.05) is 26.7 Å². The van der Waals surface area contributed by atoms with Crippen LogP contribution in [0.25, 0.3) is 0 Å². The van der Waals surface area contributed by atoms with E-state index < -0.39 is 25.1 Å². The Morgan fingerprint density at radius 2 is 2.08 bits per heavy atom. The van der Waals surface area contributed by atoms with Gasteiger partial charge in [-0.05, 0) is 12.1 Å². The summed E-state index contributed by atoms with van der Waals surface area (Å²) in [7, 11) is 1.63. The number of alkyl halides is 2. The molecule has 1 aromatic carbocycles. The zero-order valence-corrected chi connectivity index (χ0v) is 14.4. The molecule has 138 valence electrons. The van der Waals surface area contributed by atoms with Crippen molar-refractivity contribution in [3.05, 3.63) is 47.8 Å². The molecule has 6 nitrogen and oxygen atoms in total. The minimum absolute atomic E-state index is 0.300. The van der Waals surface area contributed by atoms with E-state index in [-0.39, 0.29) is 5.91 Å². The Kier molecular flexibility index (Phi) is 4.14. The molecule has 2 aliphatic rings. The molecule has 8 heteroatoms. The Morgan fingerprint density at radius 1 is 1.31 bits per heavy atom. The van der Waals surface area contributed by atoms with Gasteiger partial charge in [0, 0.05) is 31.4 Å². The number of para-hydroxylation sites is 1. The Balaban J connectivity index is 1.54. The van der Waals surface area contributed by atoms with Gasteiger partial charge in [0.15, 0.2) is 0 Å². The lowest BCUT2D eigenvalue weighted by Crippen LogP contribution is -2.61. The first-order valence-corrected chi connectivity index (χ1v) is 8.50. The first-order valence-electron chi connectivity index (χ1n) is 8.50. The first-order chi connectivity index (χ1) is 12.5. The maximum atomic E-state index is 13.2. The fourth-order valence-corrected chi connectivity index (χ4v) is 3.62. The smallest absolute Gasteiger partial charge is 0.282 e. The van der Waals surface area contributed by atoms with Crippen LogP contribution in [0.15, 0.2) is 36.5 Å². The molecule has 1 aromatic heterocycles. The molecule has 4 rings (SSSR count). The number of ether oxygens (including phenoxy) is 1. The SMILES string of the molecule is COc1ccccc1CN1Cc2ccnn2C(C(=O)N2CC(F)(F)C2)C1. The molecule has 2 aliphatic heterocycles. The molecule has 1 fully saturated rings. The van der Waals surface area contributed by atoms with E-state index in [4.69, 9.17) is 4.74 Å². The zero-order valence-electron chi connectivity index (χ0n) is 14.4. The van der Waals surface area contributed by atoms with Crippen molar-refractivity contribution in [3.63, 3.8) is 0 Å². The monoisotopic (exact) mass is 362 g/mol. The van der Waals surface area contributed by atoms with E-state index in [2.05, 4.69) is 10.00 Å². The summed E-state index contributed by atoms with van der Waals surface area (Å²) in [5.41, 5.74) is 1.92. The van der Waals surface area contributed by atoms with Crippen molar-refractivity contribution in [2.45, 2.75) is 25.1 Å². The van der Waals surface area contributed by atoms with Crippen LogP contribution in [0, 0.1) is 0 Å². The minimum Gasteiger partial charge on any atom is -0.496 e. The van der Waals surface area contributed by atoms with Gasteiger partial charge in [0.05, 0.1) is 25.9 Å². The van der Waals surface area contributed by atoms with E-state index in [1.807, 2.05) is 30.3 Å². The van der Waals surface area contributed by atoms with Crippen LogP contribution in [0.5, 0.6) is 5.75 Å². The van der Waals surface area contributed by atoms with Crippen molar-refractivity contribution >= 4 is 5.91 Å². The summed E-state index contributed by atoms with van der Waals surface area (Å²) in [4.78, 5) is 16.1. The van der Waals surface area contributed by atoms with Crippen LogP contribution in [-0.4, -0.2) is 58.2 Å². The molecule has 0 bridgehead atoms. The molecule has 3 heterocycles. The molecule has 1 saturated heterocycles. The van der Waals surface area contributed by atoms with Crippen LogP contribution in [-0.2, 0) is 17.9 Å². The number of fused-ring (bicyclic) bond motifs is 1. The first kappa shape index (κ1) is 17.0. The van der Waals surface area contributed by atoms with Gasteiger partial charge >= 0.3 is 0 Å². The quantitative estimate of drug-likeness (QED) is 0.834. The van der Waals surface area contributed by atoms with Crippen molar-refractivity contribution in [1.82, 2.24) is 19.6 Å². The fraction of sp³-hybridized carbons (Fsp3) is 0.444. The van der Waals surface area contributed by atoms with Gasteiger partial charge in [0.1, 0.15) is 11.8 Å². The average Bonchev–Trinajstić information content (AvgIpc) is 3.07. The molecule has 1 amide bonds. The molecular weight excluding hydrogens is 342 g/mol. The molecule has 1 atom stereocenters. The van der Waals surface area contributed by atoms with Gasteiger partial charge in [-0.25, -0.2) is 8.78 Å². The number of carbonyl (C=O) groups is 1. The van der Waals surface area contributed by atoms with Crippen molar-refractivity contribution in [3.8, 4) is 5.75 Å². The number of amides is 1. The summed E-state index contributed by atoms with van der Waals surface area (Å²) < 4.78 is 33.4. The summed E-state index contributed by atoms with van der Waals surface area (Å²) in [5, 5.41) is 4.24. The van der Waals surface area contributed by atoms with Crippen LogP contribution in [0.4, 0.5) is 8.78 Å². The van der Waals surface area contributed by atoms with E-state index in [0.717, 1.165) is 17.0 Å². The molecule has 0 spiro atoms. The molecule has 2 aromatic rings. The van der Waals surface area contributed by atoms with Gasteiger partial charge in [-0.1, -0.05) is 18.2 Å². The number of likely N-dealkylation sites (tertiary alicyclic amines) is 1. The highest BCUT2D eigenvalue weighted by atomic mass is 19.3. The Morgan fingerprint density at radius 3 is 2.81 bits per heavy atom. The molecule has 0 N–H and O–H groups in total. The lowest BCUT2D eigenvalue weighted by atomic mass is 10.1. The summed E-state index contributed by atoms with van der Waals surface area (Å²) in [5.74, 6) is -2.28. The highest BCUT2D eigenvalue weighted by molar-refractivity contribution is 5.82. The number of aromatic nitrogens is 2. The van der Waals surface area contributed by atoms with Gasteiger partial charge in [-0.3, -0.25) is 14.4 Å². The summed E-state index contributed by atoms with van der Waals surface area (Å²) in [6.07, 6.45) is 1.65. The average molecular weight is 362 g/mol. The third-order valence-electron chi connectivity index (χ3n) is 4.89. The van der Waals surface area contributed by atoms with Crippen molar-refractivity contribution < 1.29 is 18.3 Å². The number of halogens is 2. The number of methoxy groups -OCH3 is 1. The number of nitrogens with zero attached hydrogens (tertiary/aromatic N) is 4. The standard InChI is InChI=1S/C18H20F2N4O2/c1-26-16-5-3-2-4-13(16)8-22-9-14-6-7-21-24(14)15(10-22)17(25)23-11-18(19,20)12-23/h2-7,15H,8-12H2,1H3. The summed E-state index contributed by atoms with van der Waals surface area (Å²) in [6.45, 7) is 0.650. The predicted octanol–water partition coefficient (Wildman–Crippen LogP) is 1.93. The van der Waals surface area contributed by atoms with Crippen LogP contribution in [0.3, 0.4) is 0 Å². The maximum absolute atomic E-state index is 13.2. The second-order valence-electron chi connectivity index (χ2n) is 6.81. The van der Waals surface area contributed by atoms with Crippen molar-refractivity contribution in [1.29, 1.82) is 0 Å². The highest BCUT2D eigenvalue weighted by Crippen LogP contribution is 2.31. The van der Waals surface area contributed by atoms with Crippen LogP contribution in [0.1, 0.15) is 17.3 Å². The third kappa shape index (κ3) is 3.05. The zero-order chi connectivity index (χ0) is 18.3.